The lowest BCUT2D eigenvalue weighted by Crippen LogP contribution is -2.73. The van der Waals surface area contributed by atoms with E-state index in [1.54, 1.807) is 35.9 Å². The molecular weight excluding hydrogens is 335 g/mol. The molecule has 0 aliphatic carbocycles. The lowest BCUT2D eigenvalue weighted by atomic mass is 9.95. The number of benzene rings is 1. The molecule has 0 saturated carbocycles. The van der Waals surface area contributed by atoms with Crippen LogP contribution in [0.3, 0.4) is 0 Å². The fraction of sp³-hybridized carbons (Fsp3) is 0.500. The van der Waals surface area contributed by atoms with Crippen molar-refractivity contribution in [1.29, 1.82) is 0 Å². The lowest BCUT2D eigenvalue weighted by Gasteiger charge is -2.57. The molecule has 122 valence electrons. The average Bonchev–Trinajstić information content (AvgIpc) is 2.83. The molecule has 4 aliphatic rings. The highest BCUT2D eigenvalue weighted by Gasteiger charge is 2.71. The molecule has 0 N–H and O–H groups in total. The van der Waals surface area contributed by atoms with E-state index in [0.717, 1.165) is 5.56 Å². The van der Waals surface area contributed by atoms with Crippen LogP contribution in [0.2, 0.25) is 0 Å². The quantitative estimate of drug-likeness (QED) is 0.729. The first kappa shape index (κ1) is 15.3. The molecule has 1 aromatic rings. The van der Waals surface area contributed by atoms with Crippen LogP contribution in [0.25, 0.3) is 0 Å². The van der Waals surface area contributed by atoms with Crippen LogP contribution >= 0.6 is 21.6 Å². The van der Waals surface area contributed by atoms with Crippen molar-refractivity contribution in [3.63, 3.8) is 0 Å². The Morgan fingerprint density at radius 3 is 2.48 bits per heavy atom. The largest absolute Gasteiger partial charge is 0.319 e. The number of hydrogen-bond acceptors (Lipinski definition) is 4. The Labute approximate surface area is 142 Å². The second kappa shape index (κ2) is 4.66. The summed E-state index contributed by atoms with van der Waals surface area (Å²) in [5.41, 5.74) is 0.890. The van der Waals surface area contributed by atoms with Gasteiger partial charge in [-0.2, -0.15) is 0 Å². The van der Waals surface area contributed by atoms with Crippen molar-refractivity contribution >= 4 is 33.4 Å². The van der Waals surface area contributed by atoms with Crippen LogP contribution in [0.4, 0.5) is 4.39 Å². The highest BCUT2D eigenvalue weighted by Crippen LogP contribution is 2.66. The fourth-order valence-electron chi connectivity index (χ4n) is 3.92. The Morgan fingerprint density at radius 1 is 1.17 bits per heavy atom. The Balaban J connectivity index is 1.85. The van der Waals surface area contributed by atoms with Gasteiger partial charge < -0.3 is 9.80 Å². The number of rotatable bonds is 1. The number of hydrogen-bond donors (Lipinski definition) is 0. The summed E-state index contributed by atoms with van der Waals surface area (Å²) in [6.07, 6.45) is 0.623. The zero-order valence-corrected chi connectivity index (χ0v) is 14.7. The van der Waals surface area contributed by atoms with Crippen LogP contribution in [-0.2, 0) is 9.59 Å². The van der Waals surface area contributed by atoms with Crippen molar-refractivity contribution in [2.75, 3.05) is 7.05 Å². The van der Waals surface area contributed by atoms with Crippen molar-refractivity contribution in [1.82, 2.24) is 9.80 Å². The van der Waals surface area contributed by atoms with Crippen molar-refractivity contribution in [3.05, 3.63) is 35.6 Å². The summed E-state index contributed by atoms with van der Waals surface area (Å²) in [7, 11) is 4.69. The SMILES string of the molecule is CC1CC23SSC(C)(C(=O)N2C1c1ccc(F)cc1)N(C)C3=O. The molecule has 1 spiro atoms. The Bertz CT molecular complexity index is 713. The van der Waals surface area contributed by atoms with E-state index in [-0.39, 0.29) is 29.6 Å². The summed E-state index contributed by atoms with van der Waals surface area (Å²) < 4.78 is 13.3. The Hall–Kier alpha value is -1.21. The summed E-state index contributed by atoms with van der Waals surface area (Å²) in [5, 5.41) is 0. The molecule has 4 heterocycles. The lowest BCUT2D eigenvalue weighted by molar-refractivity contribution is -0.164. The van der Waals surface area contributed by atoms with Crippen LogP contribution in [0.15, 0.2) is 24.3 Å². The van der Waals surface area contributed by atoms with Gasteiger partial charge in [-0.3, -0.25) is 9.59 Å². The number of amides is 2. The third kappa shape index (κ3) is 1.75. The predicted octanol–water partition coefficient (Wildman–Crippen LogP) is 3.01. The minimum atomic E-state index is -0.869. The maximum atomic E-state index is 13.3. The zero-order chi connectivity index (χ0) is 16.6. The van der Waals surface area contributed by atoms with Crippen molar-refractivity contribution in [2.24, 2.45) is 5.92 Å². The van der Waals surface area contributed by atoms with Gasteiger partial charge in [-0.25, -0.2) is 4.39 Å². The van der Waals surface area contributed by atoms with Crippen molar-refractivity contribution in [3.8, 4) is 0 Å². The van der Waals surface area contributed by atoms with Gasteiger partial charge in [0.1, 0.15) is 5.82 Å². The number of nitrogens with zero attached hydrogens (tertiary/aromatic N) is 2. The van der Waals surface area contributed by atoms with Crippen molar-refractivity contribution in [2.45, 2.75) is 36.1 Å². The average molecular weight is 352 g/mol. The van der Waals surface area contributed by atoms with E-state index >= 15 is 0 Å². The van der Waals surface area contributed by atoms with E-state index in [2.05, 4.69) is 6.92 Å². The first-order chi connectivity index (χ1) is 10.8. The van der Waals surface area contributed by atoms with Gasteiger partial charge in [0.2, 0.25) is 0 Å². The summed E-state index contributed by atoms with van der Waals surface area (Å²) in [5.74, 6) is -0.189. The molecule has 2 bridgehead atoms. The number of fused-ring (bicyclic) bond motifs is 2. The van der Waals surface area contributed by atoms with E-state index in [4.69, 9.17) is 0 Å². The standard InChI is InChI=1S/C16H17FN2O2S2/c1-9-8-16-14(21)18(3)15(2,22-23-16)13(20)19(16)12(9)10-4-6-11(17)7-5-10/h4-7,9,12H,8H2,1-3H3. The third-order valence-corrected chi connectivity index (χ3v) is 8.97. The van der Waals surface area contributed by atoms with E-state index in [1.807, 2.05) is 0 Å². The first-order valence-electron chi connectivity index (χ1n) is 7.55. The molecule has 4 fully saturated rings. The maximum Gasteiger partial charge on any atom is 0.261 e. The zero-order valence-electron chi connectivity index (χ0n) is 13.1. The van der Waals surface area contributed by atoms with Crippen LogP contribution in [0, 0.1) is 11.7 Å². The molecule has 4 unspecified atom stereocenters. The number of likely N-dealkylation sites (N-methyl/N-ethyl adjacent to an activating group) is 1. The van der Waals surface area contributed by atoms with E-state index in [0.29, 0.717) is 6.42 Å². The van der Waals surface area contributed by atoms with Gasteiger partial charge in [-0.05, 0) is 37.0 Å². The highest BCUT2D eigenvalue weighted by atomic mass is 33.1. The summed E-state index contributed by atoms with van der Waals surface area (Å²) in [6.45, 7) is 3.86. The first-order valence-corrected chi connectivity index (χ1v) is 9.70. The molecule has 4 aliphatic heterocycles. The highest BCUT2D eigenvalue weighted by molar-refractivity contribution is 8.78. The molecule has 5 rings (SSSR count). The van der Waals surface area contributed by atoms with Gasteiger partial charge in [0.25, 0.3) is 11.8 Å². The molecular formula is C16H17FN2O2S2. The molecule has 2 amide bonds. The van der Waals surface area contributed by atoms with Gasteiger partial charge in [-0.1, -0.05) is 40.6 Å². The molecule has 0 aromatic heterocycles. The number of carbonyl (C=O) groups excluding carboxylic acids is 2. The minimum Gasteiger partial charge on any atom is -0.319 e. The van der Waals surface area contributed by atoms with Gasteiger partial charge in [-0.15, -0.1) is 0 Å². The van der Waals surface area contributed by atoms with Gasteiger partial charge in [0, 0.05) is 7.05 Å². The Kier molecular flexibility index (Phi) is 3.11. The normalized spacial score (nSPS) is 39.1. The summed E-state index contributed by atoms with van der Waals surface area (Å²) >= 11 is 0. The van der Waals surface area contributed by atoms with Crippen LogP contribution in [-0.4, -0.2) is 38.4 Å². The predicted molar refractivity (Wildman–Crippen MR) is 88.9 cm³/mol. The van der Waals surface area contributed by atoms with Crippen molar-refractivity contribution < 1.29 is 14.0 Å². The van der Waals surface area contributed by atoms with Gasteiger partial charge in [0.05, 0.1) is 6.04 Å². The second-order valence-electron chi connectivity index (χ2n) is 6.65. The molecule has 7 heteroatoms. The van der Waals surface area contributed by atoms with Crippen LogP contribution in [0.5, 0.6) is 0 Å². The van der Waals surface area contributed by atoms with E-state index in [9.17, 15) is 14.0 Å². The summed E-state index contributed by atoms with van der Waals surface area (Å²) in [4.78, 5) is 27.8. The second-order valence-corrected chi connectivity index (χ2v) is 9.45. The van der Waals surface area contributed by atoms with E-state index < -0.39 is 9.74 Å². The molecule has 4 nitrogen and oxygen atoms in total. The molecule has 0 radical (unpaired) electrons. The molecule has 1 aromatic carbocycles. The third-order valence-electron chi connectivity index (χ3n) is 5.25. The van der Waals surface area contributed by atoms with Gasteiger partial charge in [0.15, 0.2) is 9.74 Å². The van der Waals surface area contributed by atoms with Gasteiger partial charge >= 0.3 is 0 Å². The molecule has 4 atom stereocenters. The van der Waals surface area contributed by atoms with Crippen LogP contribution in [0.1, 0.15) is 31.9 Å². The number of piperazine rings is 1. The maximum absolute atomic E-state index is 13.3. The van der Waals surface area contributed by atoms with E-state index in [1.165, 1.54) is 33.7 Å². The monoisotopic (exact) mass is 352 g/mol. The van der Waals surface area contributed by atoms with Crippen LogP contribution < -0.4 is 0 Å². The fourth-order valence-corrected chi connectivity index (χ4v) is 7.51. The number of halogens is 1. The smallest absolute Gasteiger partial charge is 0.261 e. The Morgan fingerprint density at radius 2 is 1.83 bits per heavy atom. The molecule has 23 heavy (non-hydrogen) atoms. The minimum absolute atomic E-state index is 0.000174. The topological polar surface area (TPSA) is 40.6 Å². The number of carbonyl (C=O) groups is 2. The molecule has 4 saturated heterocycles. The summed E-state index contributed by atoms with van der Waals surface area (Å²) in [6, 6.07) is 6.08.